The lowest BCUT2D eigenvalue weighted by Gasteiger charge is -2.31. The SMILES string of the molecule is [Br-].[Br-].c1ccc(-c2c(C[P+](c3ccccc3)(c3ccccc3)c3ccccc3)ccc(C[P+](c3ccccc3)(c3ccccc3)c3ccccc3)c2-c2ccccc2)cc1. The molecule has 0 atom stereocenters. The van der Waals surface area contributed by atoms with Gasteiger partial charge >= 0.3 is 0 Å². The molecule has 0 N–H and O–H groups in total. The summed E-state index contributed by atoms with van der Waals surface area (Å²) in [6.45, 7) is 0. The maximum atomic E-state index is 2.49. The van der Waals surface area contributed by atoms with E-state index >= 15 is 0 Å². The predicted octanol–water partition coefficient (Wildman–Crippen LogP) is 6.02. The number of halogens is 2. The van der Waals surface area contributed by atoms with Gasteiger partial charge in [-0.1, -0.05) is 182 Å². The fraction of sp³-hybridized carbons (Fsp3) is 0.0357. The highest BCUT2D eigenvalue weighted by molar-refractivity contribution is 7.95. The number of hydrogen-bond acceptors (Lipinski definition) is 0. The summed E-state index contributed by atoms with van der Waals surface area (Å²) in [5.41, 5.74) is 7.86. The van der Waals surface area contributed by atoms with Crippen LogP contribution in [0.3, 0.4) is 0 Å². The first-order valence-electron chi connectivity index (χ1n) is 20.1. The molecule has 4 heteroatoms. The molecule has 0 aromatic heterocycles. The van der Waals surface area contributed by atoms with Gasteiger partial charge in [0.25, 0.3) is 0 Å². The lowest BCUT2D eigenvalue weighted by atomic mass is 9.88. The highest BCUT2D eigenvalue weighted by atomic mass is 79.9. The summed E-state index contributed by atoms with van der Waals surface area (Å²) in [4.78, 5) is 0. The molecule has 0 radical (unpaired) electrons. The van der Waals surface area contributed by atoms with Gasteiger partial charge in [-0.05, 0) is 106 Å². The van der Waals surface area contributed by atoms with Crippen LogP contribution in [-0.2, 0) is 12.3 Å². The second-order valence-corrected chi connectivity index (χ2v) is 21.8. The minimum absolute atomic E-state index is 0. The molecule has 0 aliphatic rings. The van der Waals surface area contributed by atoms with Crippen molar-refractivity contribution < 1.29 is 34.0 Å². The molecule has 0 bridgehead atoms. The van der Waals surface area contributed by atoms with Crippen LogP contribution in [0.1, 0.15) is 11.1 Å². The van der Waals surface area contributed by atoms with Crippen LogP contribution < -0.4 is 65.8 Å². The Morgan fingerprint density at radius 3 is 0.600 bits per heavy atom. The Bertz CT molecular complexity index is 2300. The summed E-state index contributed by atoms with van der Waals surface area (Å²) < 4.78 is 0. The Morgan fingerprint density at radius 1 is 0.217 bits per heavy atom. The molecule has 0 fully saturated rings. The van der Waals surface area contributed by atoms with E-state index in [0.717, 1.165) is 12.3 Å². The van der Waals surface area contributed by atoms with Gasteiger partial charge in [0, 0.05) is 0 Å². The molecule has 0 spiro atoms. The van der Waals surface area contributed by atoms with Crippen molar-refractivity contribution in [2.45, 2.75) is 12.3 Å². The molecular formula is C56H46Br2P2. The fourth-order valence-corrected chi connectivity index (χ4v) is 17.4. The van der Waals surface area contributed by atoms with E-state index in [1.54, 1.807) is 0 Å². The first-order chi connectivity index (χ1) is 28.8. The molecule has 9 aromatic carbocycles. The van der Waals surface area contributed by atoms with E-state index in [1.807, 2.05) is 0 Å². The fourth-order valence-electron chi connectivity index (χ4n) is 8.87. The van der Waals surface area contributed by atoms with Crippen molar-refractivity contribution in [2.24, 2.45) is 0 Å². The van der Waals surface area contributed by atoms with Gasteiger partial charge in [0.2, 0.25) is 0 Å². The van der Waals surface area contributed by atoms with Crippen LogP contribution in [0.5, 0.6) is 0 Å². The lowest BCUT2D eigenvalue weighted by molar-refractivity contribution is -0.001000. The molecule has 60 heavy (non-hydrogen) atoms. The molecule has 0 unspecified atom stereocenters. The summed E-state index contributed by atoms with van der Waals surface area (Å²) >= 11 is 0. The van der Waals surface area contributed by atoms with Crippen LogP contribution >= 0.6 is 14.5 Å². The third kappa shape index (κ3) is 8.41. The smallest absolute Gasteiger partial charge is 0.116 e. The molecule has 0 amide bonds. The van der Waals surface area contributed by atoms with E-state index in [-0.39, 0.29) is 34.0 Å². The van der Waals surface area contributed by atoms with Crippen molar-refractivity contribution in [1.82, 2.24) is 0 Å². The Balaban J connectivity index is 0.00000272. The van der Waals surface area contributed by atoms with E-state index in [2.05, 4.69) is 255 Å². The minimum Gasteiger partial charge on any atom is -1.00 e. The second kappa shape index (κ2) is 19.9. The van der Waals surface area contributed by atoms with E-state index < -0.39 is 14.5 Å². The number of hydrogen-bond donors (Lipinski definition) is 0. The third-order valence-corrected chi connectivity index (χ3v) is 20.2. The summed E-state index contributed by atoms with van der Waals surface area (Å²) in [7, 11) is -4.45. The van der Waals surface area contributed by atoms with E-state index in [1.165, 1.54) is 65.2 Å². The molecule has 0 nitrogen and oxygen atoms in total. The normalized spacial score (nSPS) is 11.2. The van der Waals surface area contributed by atoms with Gasteiger partial charge in [0.15, 0.2) is 0 Å². The van der Waals surface area contributed by atoms with Gasteiger partial charge in [0.05, 0.1) is 12.3 Å². The summed E-state index contributed by atoms with van der Waals surface area (Å²) in [6, 6.07) is 95.1. The van der Waals surface area contributed by atoms with Crippen molar-refractivity contribution in [3.63, 3.8) is 0 Å². The van der Waals surface area contributed by atoms with Crippen molar-refractivity contribution in [2.75, 3.05) is 0 Å². The van der Waals surface area contributed by atoms with Gasteiger partial charge in [0.1, 0.15) is 46.4 Å². The lowest BCUT2D eigenvalue weighted by Crippen LogP contribution is -3.00. The zero-order chi connectivity index (χ0) is 39.0. The number of benzene rings is 9. The maximum Gasteiger partial charge on any atom is 0.116 e. The van der Waals surface area contributed by atoms with Crippen molar-refractivity contribution in [3.8, 4) is 22.3 Å². The zero-order valence-corrected chi connectivity index (χ0v) is 38.3. The Hall–Kier alpha value is -5.20. The van der Waals surface area contributed by atoms with Gasteiger partial charge in [-0.15, -0.1) is 0 Å². The van der Waals surface area contributed by atoms with Gasteiger partial charge in [-0.3, -0.25) is 0 Å². The first kappa shape index (κ1) is 42.9. The molecular weight excluding hydrogens is 894 g/mol. The zero-order valence-electron chi connectivity index (χ0n) is 33.3. The van der Waals surface area contributed by atoms with Crippen LogP contribution in [0.2, 0.25) is 0 Å². The molecule has 9 rings (SSSR count). The molecule has 294 valence electrons. The first-order valence-corrected chi connectivity index (χ1v) is 24.1. The van der Waals surface area contributed by atoms with Crippen LogP contribution in [0, 0.1) is 0 Å². The summed E-state index contributed by atoms with van der Waals surface area (Å²) in [6.07, 6.45) is 1.76. The van der Waals surface area contributed by atoms with Crippen LogP contribution in [-0.4, -0.2) is 0 Å². The Kier molecular flexibility index (Phi) is 14.2. The van der Waals surface area contributed by atoms with E-state index in [0.29, 0.717) is 0 Å². The molecule has 0 aliphatic carbocycles. The Morgan fingerprint density at radius 2 is 0.400 bits per heavy atom. The summed E-state index contributed by atoms with van der Waals surface area (Å²) in [5, 5.41) is 8.33. The average molecular weight is 941 g/mol. The third-order valence-electron chi connectivity index (χ3n) is 11.5. The predicted molar refractivity (Wildman–Crippen MR) is 255 cm³/mol. The summed E-state index contributed by atoms with van der Waals surface area (Å²) in [5.74, 6) is 0. The highest BCUT2D eigenvalue weighted by Gasteiger charge is 2.48. The molecule has 0 saturated carbocycles. The van der Waals surface area contributed by atoms with Crippen LogP contribution in [0.15, 0.2) is 255 Å². The monoisotopic (exact) mass is 938 g/mol. The molecule has 0 heterocycles. The Labute approximate surface area is 378 Å². The van der Waals surface area contributed by atoms with Crippen molar-refractivity contribution in [3.05, 3.63) is 266 Å². The van der Waals surface area contributed by atoms with E-state index in [4.69, 9.17) is 0 Å². The largest absolute Gasteiger partial charge is 1.00 e. The molecule has 0 aliphatic heterocycles. The van der Waals surface area contributed by atoms with Crippen molar-refractivity contribution >= 4 is 46.4 Å². The number of rotatable bonds is 12. The van der Waals surface area contributed by atoms with Gasteiger partial charge in [-0.2, -0.15) is 0 Å². The second-order valence-electron chi connectivity index (χ2n) is 14.8. The topological polar surface area (TPSA) is 0 Å². The minimum atomic E-state index is -2.23. The van der Waals surface area contributed by atoms with Gasteiger partial charge < -0.3 is 34.0 Å². The van der Waals surface area contributed by atoms with Crippen LogP contribution in [0.4, 0.5) is 0 Å². The highest BCUT2D eigenvalue weighted by Crippen LogP contribution is 2.62. The average Bonchev–Trinajstić information content (AvgIpc) is 3.32. The maximum absolute atomic E-state index is 2.49. The molecule has 0 saturated heterocycles. The van der Waals surface area contributed by atoms with Gasteiger partial charge in [-0.25, -0.2) is 0 Å². The molecule has 9 aromatic rings. The van der Waals surface area contributed by atoms with E-state index in [9.17, 15) is 0 Å². The van der Waals surface area contributed by atoms with Crippen LogP contribution in [0.25, 0.3) is 22.3 Å². The quantitative estimate of drug-likeness (QED) is 0.132. The standard InChI is InChI=1S/C56H46P2.2BrH/c1-9-25-45(26-10-1)55-47(43-57(49-29-13-3-14-30-49,50-31-15-4-16-32-50)51-33-17-5-18-34-51)41-42-48(56(55)46-27-11-2-12-28-46)44-58(52-35-19-6-20-36-52,53-37-21-7-22-38-53)54-39-23-8-24-40-54;;/h1-42H,43-44H2;2*1H/q+2;;/p-2. The van der Waals surface area contributed by atoms with Crippen molar-refractivity contribution in [1.29, 1.82) is 0 Å².